The fourth-order valence-electron chi connectivity index (χ4n) is 3.18. The zero-order valence-electron chi connectivity index (χ0n) is 15.2. The van der Waals surface area contributed by atoms with Crippen LogP contribution in [0.15, 0.2) is 47.3 Å². The third-order valence-electron chi connectivity index (χ3n) is 4.50. The van der Waals surface area contributed by atoms with Gasteiger partial charge in [0.15, 0.2) is 0 Å². The van der Waals surface area contributed by atoms with E-state index in [4.69, 9.17) is 11.6 Å². The Morgan fingerprint density at radius 1 is 1.21 bits per heavy atom. The fraction of sp³-hybridized carbons (Fsp3) is 0.200. The van der Waals surface area contributed by atoms with Gasteiger partial charge in [-0.05, 0) is 42.3 Å². The number of fused-ring (bicyclic) bond motifs is 3. The minimum Gasteiger partial charge on any atom is -0.348 e. The molecule has 2 heterocycles. The van der Waals surface area contributed by atoms with E-state index in [9.17, 15) is 9.59 Å². The first-order chi connectivity index (χ1) is 13.6. The van der Waals surface area contributed by atoms with Crippen molar-refractivity contribution >= 4 is 34.2 Å². The molecule has 0 aliphatic rings. The van der Waals surface area contributed by atoms with Crippen molar-refractivity contribution in [2.45, 2.75) is 26.3 Å². The molecule has 0 bridgehead atoms. The van der Waals surface area contributed by atoms with Crippen molar-refractivity contribution in [3.63, 3.8) is 0 Å². The number of amides is 1. The second-order valence-electron chi connectivity index (χ2n) is 6.52. The van der Waals surface area contributed by atoms with Gasteiger partial charge in [-0.3, -0.25) is 14.0 Å². The molecular weight excluding hydrogens is 378 g/mol. The molecule has 0 unspecified atom stereocenters. The summed E-state index contributed by atoms with van der Waals surface area (Å²) in [5.74, 6) is 0.493. The number of H-pyrrole nitrogens is 1. The predicted octanol–water partition coefficient (Wildman–Crippen LogP) is 3.11. The van der Waals surface area contributed by atoms with Crippen LogP contribution in [0.3, 0.4) is 0 Å². The number of carbonyl (C=O) groups is 1. The van der Waals surface area contributed by atoms with Gasteiger partial charge in [0.1, 0.15) is 5.82 Å². The third-order valence-corrected chi connectivity index (χ3v) is 4.73. The summed E-state index contributed by atoms with van der Waals surface area (Å²) in [6.45, 7) is 2.40. The molecule has 4 aromatic rings. The summed E-state index contributed by atoms with van der Waals surface area (Å²) >= 11 is 5.97. The molecule has 0 fully saturated rings. The number of benzene rings is 2. The number of aromatic nitrogens is 4. The molecule has 0 spiro atoms. The lowest BCUT2D eigenvalue weighted by molar-refractivity contribution is 0.0951. The smallest absolute Gasteiger partial charge is 0.294 e. The highest BCUT2D eigenvalue weighted by Crippen LogP contribution is 2.16. The first-order valence-electron chi connectivity index (χ1n) is 8.99. The Labute approximate surface area is 165 Å². The van der Waals surface area contributed by atoms with E-state index in [2.05, 4.69) is 20.5 Å². The number of rotatable bonds is 5. The van der Waals surface area contributed by atoms with Crippen LogP contribution < -0.4 is 10.9 Å². The Bertz CT molecular complexity index is 1240. The Morgan fingerprint density at radius 3 is 2.86 bits per heavy atom. The number of carbonyl (C=O) groups excluding carboxylic acids is 1. The monoisotopic (exact) mass is 395 g/mol. The van der Waals surface area contributed by atoms with Crippen LogP contribution in [0.1, 0.15) is 35.1 Å². The van der Waals surface area contributed by atoms with Crippen LogP contribution in [-0.4, -0.2) is 25.5 Å². The summed E-state index contributed by atoms with van der Waals surface area (Å²) in [4.78, 5) is 27.7. The van der Waals surface area contributed by atoms with E-state index >= 15 is 0 Å². The Balaban J connectivity index is 1.67. The van der Waals surface area contributed by atoms with Crippen LogP contribution >= 0.6 is 11.6 Å². The van der Waals surface area contributed by atoms with Gasteiger partial charge in [-0.25, -0.2) is 0 Å². The maximum absolute atomic E-state index is 12.5. The molecule has 1 amide bonds. The van der Waals surface area contributed by atoms with E-state index < -0.39 is 0 Å². The number of aromatic amines is 1. The van der Waals surface area contributed by atoms with E-state index in [1.807, 2.05) is 19.1 Å². The van der Waals surface area contributed by atoms with Gasteiger partial charge in [0.25, 0.3) is 11.5 Å². The maximum Gasteiger partial charge on any atom is 0.294 e. The normalized spacial score (nSPS) is 11.2. The predicted molar refractivity (Wildman–Crippen MR) is 108 cm³/mol. The summed E-state index contributed by atoms with van der Waals surface area (Å²) in [7, 11) is 0. The quantitative estimate of drug-likeness (QED) is 0.543. The molecule has 7 nitrogen and oxygen atoms in total. The molecule has 0 atom stereocenters. The molecule has 0 aliphatic carbocycles. The highest BCUT2D eigenvalue weighted by molar-refractivity contribution is 6.30. The Morgan fingerprint density at radius 2 is 2.07 bits per heavy atom. The fourth-order valence-corrected chi connectivity index (χ4v) is 3.40. The van der Waals surface area contributed by atoms with E-state index in [1.54, 1.807) is 34.7 Å². The van der Waals surface area contributed by atoms with Crippen LogP contribution in [-0.2, 0) is 13.0 Å². The summed E-state index contributed by atoms with van der Waals surface area (Å²) in [5, 5.41) is 11.6. The van der Waals surface area contributed by atoms with Gasteiger partial charge < -0.3 is 10.3 Å². The first kappa shape index (κ1) is 18.2. The van der Waals surface area contributed by atoms with Crippen molar-refractivity contribution in [1.29, 1.82) is 0 Å². The number of halogens is 1. The lowest BCUT2D eigenvalue weighted by Crippen LogP contribution is -2.23. The van der Waals surface area contributed by atoms with Gasteiger partial charge in [0, 0.05) is 23.6 Å². The van der Waals surface area contributed by atoms with E-state index in [-0.39, 0.29) is 17.1 Å². The number of nitrogens with one attached hydrogen (secondary N) is 2. The van der Waals surface area contributed by atoms with Gasteiger partial charge in [-0.2, -0.15) is 0 Å². The van der Waals surface area contributed by atoms with Crippen molar-refractivity contribution in [1.82, 2.24) is 24.9 Å². The van der Waals surface area contributed by atoms with Crippen LogP contribution in [0.25, 0.3) is 16.7 Å². The molecular formula is C20H18ClN5O2. The van der Waals surface area contributed by atoms with Crippen molar-refractivity contribution in [2.24, 2.45) is 0 Å². The summed E-state index contributed by atoms with van der Waals surface area (Å²) in [6.07, 6.45) is 1.60. The van der Waals surface area contributed by atoms with Crippen LogP contribution in [0.4, 0.5) is 0 Å². The average Bonchev–Trinajstić information content (AvgIpc) is 3.11. The van der Waals surface area contributed by atoms with Gasteiger partial charge in [0.2, 0.25) is 5.65 Å². The standard InChI is InChI=1S/C20H18ClN5O2/c1-2-4-17-24-25-18-20(28)23-15-10-13(7-8-16(15)26(17)18)19(27)22-11-12-5-3-6-14(21)9-12/h3,5-10H,2,4,11H2,1H3,(H,22,27)(H,23,28). The average molecular weight is 396 g/mol. The molecule has 2 aromatic carbocycles. The first-order valence-corrected chi connectivity index (χ1v) is 9.37. The van der Waals surface area contributed by atoms with Crippen molar-refractivity contribution in [3.8, 4) is 0 Å². The second-order valence-corrected chi connectivity index (χ2v) is 6.96. The Kier molecular flexibility index (Phi) is 4.83. The molecule has 0 saturated carbocycles. The number of aryl methyl sites for hydroxylation is 1. The zero-order chi connectivity index (χ0) is 19.7. The lowest BCUT2D eigenvalue weighted by atomic mass is 10.1. The highest BCUT2D eigenvalue weighted by atomic mass is 35.5. The van der Waals surface area contributed by atoms with E-state index in [1.165, 1.54) is 0 Å². The summed E-state index contributed by atoms with van der Waals surface area (Å²) < 4.78 is 1.76. The highest BCUT2D eigenvalue weighted by Gasteiger charge is 2.14. The van der Waals surface area contributed by atoms with Crippen molar-refractivity contribution in [3.05, 3.63) is 74.8 Å². The van der Waals surface area contributed by atoms with Crippen molar-refractivity contribution < 1.29 is 4.79 Å². The topological polar surface area (TPSA) is 92.2 Å². The molecule has 0 radical (unpaired) electrons. The molecule has 8 heteroatoms. The number of hydrogen-bond acceptors (Lipinski definition) is 4. The molecule has 142 valence electrons. The Hall–Kier alpha value is -3.19. The van der Waals surface area contributed by atoms with Gasteiger partial charge in [0.05, 0.1) is 11.0 Å². The minimum atomic E-state index is -0.334. The third kappa shape index (κ3) is 3.36. The molecule has 2 N–H and O–H groups in total. The SMILES string of the molecule is CCCc1nnc2c(=O)[nH]c3cc(C(=O)NCc4cccc(Cl)c4)ccc3n12. The molecule has 4 rings (SSSR count). The maximum atomic E-state index is 12.5. The molecule has 0 saturated heterocycles. The van der Waals surface area contributed by atoms with Gasteiger partial charge in [-0.1, -0.05) is 30.7 Å². The van der Waals surface area contributed by atoms with Crippen LogP contribution in [0.2, 0.25) is 5.02 Å². The van der Waals surface area contributed by atoms with Crippen LogP contribution in [0, 0.1) is 0 Å². The second kappa shape index (κ2) is 7.44. The van der Waals surface area contributed by atoms with E-state index in [0.717, 1.165) is 23.3 Å². The molecule has 0 aliphatic heterocycles. The minimum absolute atomic E-state index is 0.236. The van der Waals surface area contributed by atoms with Crippen LogP contribution in [0.5, 0.6) is 0 Å². The van der Waals surface area contributed by atoms with Crippen molar-refractivity contribution in [2.75, 3.05) is 0 Å². The lowest BCUT2D eigenvalue weighted by Gasteiger charge is -2.08. The van der Waals surface area contributed by atoms with E-state index in [0.29, 0.717) is 29.1 Å². The summed E-state index contributed by atoms with van der Waals surface area (Å²) in [5.41, 5.74) is 2.60. The number of nitrogens with zero attached hydrogens (tertiary/aromatic N) is 3. The van der Waals surface area contributed by atoms with Gasteiger partial charge >= 0.3 is 0 Å². The van der Waals surface area contributed by atoms with Gasteiger partial charge in [-0.15, -0.1) is 10.2 Å². The largest absolute Gasteiger partial charge is 0.348 e. The molecule has 28 heavy (non-hydrogen) atoms. The molecule has 2 aromatic heterocycles. The zero-order valence-corrected chi connectivity index (χ0v) is 16.0. The number of hydrogen-bond donors (Lipinski definition) is 2. The summed E-state index contributed by atoms with van der Waals surface area (Å²) in [6, 6.07) is 12.5.